The van der Waals surface area contributed by atoms with Crippen LogP contribution in [0.15, 0.2) is 60.8 Å². The first-order valence-electron chi connectivity index (χ1n) is 11.3. The molecule has 0 bridgehead atoms. The third kappa shape index (κ3) is 6.02. The summed E-state index contributed by atoms with van der Waals surface area (Å²) in [4.78, 5) is 31.9. The second-order valence-corrected chi connectivity index (χ2v) is 8.99. The van der Waals surface area contributed by atoms with Crippen LogP contribution in [0.4, 0.5) is 15.9 Å². The molecule has 0 aliphatic carbocycles. The van der Waals surface area contributed by atoms with E-state index in [1.807, 2.05) is 11.0 Å². The van der Waals surface area contributed by atoms with E-state index in [4.69, 9.17) is 5.41 Å². The molecule has 2 heterocycles. The van der Waals surface area contributed by atoms with Crippen molar-refractivity contribution < 1.29 is 14.0 Å². The van der Waals surface area contributed by atoms with Gasteiger partial charge in [0.05, 0.1) is 16.8 Å². The van der Waals surface area contributed by atoms with Gasteiger partial charge in [0.15, 0.2) is 0 Å². The highest BCUT2D eigenvalue weighted by Gasteiger charge is 2.20. The molecule has 4 rings (SSSR count). The molecule has 180 valence electrons. The van der Waals surface area contributed by atoms with Crippen molar-refractivity contribution in [1.29, 1.82) is 5.41 Å². The summed E-state index contributed by atoms with van der Waals surface area (Å²) < 4.78 is 15.7. The van der Waals surface area contributed by atoms with Crippen molar-refractivity contribution in [2.24, 2.45) is 0 Å². The lowest BCUT2D eigenvalue weighted by Gasteiger charge is -2.29. The van der Waals surface area contributed by atoms with Gasteiger partial charge in [-0.25, -0.2) is 9.37 Å². The van der Waals surface area contributed by atoms with Crippen molar-refractivity contribution in [3.8, 4) is 0 Å². The molecule has 3 aromatic rings. The SMILES string of the molecule is N=C(c1ccc(C(=O)Nc2ccccc2C(=O)Nc2ccc(CI)cn2)c(F)c1)N1CCCCC1. The number of hydrogen-bond acceptors (Lipinski definition) is 4. The number of aromatic nitrogens is 1. The van der Waals surface area contributed by atoms with Gasteiger partial charge in [0.2, 0.25) is 0 Å². The maximum Gasteiger partial charge on any atom is 0.258 e. The van der Waals surface area contributed by atoms with Gasteiger partial charge < -0.3 is 15.5 Å². The number of carbonyl (C=O) groups is 2. The van der Waals surface area contributed by atoms with Crippen LogP contribution in [0.3, 0.4) is 0 Å². The van der Waals surface area contributed by atoms with E-state index in [-0.39, 0.29) is 22.6 Å². The lowest BCUT2D eigenvalue weighted by atomic mass is 10.1. The molecule has 0 saturated carbocycles. The molecule has 2 aromatic carbocycles. The van der Waals surface area contributed by atoms with E-state index in [2.05, 4.69) is 38.2 Å². The van der Waals surface area contributed by atoms with Crippen LogP contribution in [-0.4, -0.2) is 40.6 Å². The quantitative estimate of drug-likeness (QED) is 0.155. The maximum atomic E-state index is 14.9. The summed E-state index contributed by atoms with van der Waals surface area (Å²) in [5.41, 5.74) is 1.79. The summed E-state index contributed by atoms with van der Waals surface area (Å²) in [5.74, 6) is -1.19. The minimum Gasteiger partial charge on any atom is -0.357 e. The Kier molecular flexibility index (Phi) is 8.06. The molecule has 7 nitrogen and oxygen atoms in total. The zero-order chi connectivity index (χ0) is 24.8. The van der Waals surface area contributed by atoms with Crippen LogP contribution in [0.25, 0.3) is 0 Å². The lowest BCUT2D eigenvalue weighted by molar-refractivity contribution is 0.102. The Bertz CT molecular complexity index is 1240. The fraction of sp³-hybridized carbons (Fsp3) is 0.231. The van der Waals surface area contributed by atoms with E-state index in [0.29, 0.717) is 11.4 Å². The van der Waals surface area contributed by atoms with Gasteiger partial charge in [0.25, 0.3) is 11.8 Å². The van der Waals surface area contributed by atoms with Crippen molar-refractivity contribution in [1.82, 2.24) is 9.88 Å². The Hall–Kier alpha value is -3.34. The number of amides is 2. The topological polar surface area (TPSA) is 98.2 Å². The number of anilines is 2. The Labute approximate surface area is 216 Å². The number of carbonyl (C=O) groups excluding carboxylic acids is 2. The van der Waals surface area contributed by atoms with E-state index in [1.165, 1.54) is 12.1 Å². The number of hydrogen-bond donors (Lipinski definition) is 3. The predicted octanol–water partition coefficient (Wildman–Crippen LogP) is 5.47. The van der Waals surface area contributed by atoms with Gasteiger partial charge in [-0.15, -0.1) is 0 Å². The molecule has 2 amide bonds. The van der Waals surface area contributed by atoms with E-state index >= 15 is 0 Å². The minimum absolute atomic E-state index is 0.161. The first-order chi connectivity index (χ1) is 17.0. The third-order valence-electron chi connectivity index (χ3n) is 5.80. The first-order valence-corrected chi connectivity index (χ1v) is 12.8. The van der Waals surface area contributed by atoms with E-state index in [0.717, 1.165) is 42.3 Å². The molecular weight excluding hydrogens is 560 g/mol. The second-order valence-electron chi connectivity index (χ2n) is 8.23. The van der Waals surface area contributed by atoms with E-state index in [1.54, 1.807) is 42.6 Å². The van der Waals surface area contributed by atoms with Gasteiger partial charge in [0, 0.05) is 29.3 Å². The van der Waals surface area contributed by atoms with Gasteiger partial charge in [-0.05, 0) is 55.2 Å². The van der Waals surface area contributed by atoms with Crippen LogP contribution >= 0.6 is 22.6 Å². The van der Waals surface area contributed by atoms with Gasteiger partial charge in [-0.1, -0.05) is 46.9 Å². The number of likely N-dealkylation sites (tertiary alicyclic amines) is 1. The molecule has 1 aliphatic rings. The molecule has 35 heavy (non-hydrogen) atoms. The molecule has 1 fully saturated rings. The van der Waals surface area contributed by atoms with Crippen molar-refractivity contribution in [2.45, 2.75) is 23.7 Å². The smallest absolute Gasteiger partial charge is 0.258 e. The number of pyridine rings is 1. The first kappa shape index (κ1) is 24.8. The number of nitrogens with zero attached hydrogens (tertiary/aromatic N) is 2. The Morgan fingerprint density at radius 3 is 2.40 bits per heavy atom. The molecule has 1 aliphatic heterocycles. The fourth-order valence-corrected chi connectivity index (χ4v) is 4.34. The molecule has 0 atom stereocenters. The van der Waals surface area contributed by atoms with E-state index < -0.39 is 17.6 Å². The van der Waals surface area contributed by atoms with Crippen LogP contribution < -0.4 is 10.6 Å². The summed E-state index contributed by atoms with van der Waals surface area (Å²) in [7, 11) is 0. The van der Waals surface area contributed by atoms with Crippen LogP contribution in [0, 0.1) is 11.2 Å². The van der Waals surface area contributed by atoms with Crippen LogP contribution in [-0.2, 0) is 4.43 Å². The lowest BCUT2D eigenvalue weighted by Crippen LogP contribution is -2.35. The highest BCUT2D eigenvalue weighted by atomic mass is 127. The molecule has 3 N–H and O–H groups in total. The largest absolute Gasteiger partial charge is 0.357 e. The van der Waals surface area contributed by atoms with E-state index in [9.17, 15) is 14.0 Å². The zero-order valence-corrected chi connectivity index (χ0v) is 21.1. The number of piperidine rings is 1. The average molecular weight is 585 g/mol. The molecule has 0 unspecified atom stereocenters. The Morgan fingerprint density at radius 1 is 0.971 bits per heavy atom. The standard InChI is InChI=1S/C26H25FIN5O2/c27-21-14-18(24(29)33-12-4-1-5-13-33)9-10-19(21)25(34)31-22-7-3-2-6-20(22)26(35)32-23-11-8-17(15-28)16-30-23/h2-3,6-11,14,16,29H,1,4-5,12-13,15H2,(H,31,34)(H,30,32,35). The second kappa shape index (κ2) is 11.4. The summed E-state index contributed by atoms with van der Waals surface area (Å²) >= 11 is 2.23. The molecule has 9 heteroatoms. The Morgan fingerprint density at radius 2 is 1.71 bits per heavy atom. The monoisotopic (exact) mass is 585 g/mol. The van der Waals surface area contributed by atoms with Crippen LogP contribution in [0.1, 0.15) is 51.1 Å². The molecule has 1 aromatic heterocycles. The Balaban J connectivity index is 1.48. The van der Waals surface area contributed by atoms with Crippen LogP contribution in [0.2, 0.25) is 0 Å². The third-order valence-corrected chi connectivity index (χ3v) is 6.68. The number of alkyl halides is 1. The molecule has 0 spiro atoms. The van der Waals surface area contributed by atoms with Crippen molar-refractivity contribution in [3.05, 3.63) is 88.9 Å². The zero-order valence-electron chi connectivity index (χ0n) is 19.0. The summed E-state index contributed by atoms with van der Waals surface area (Å²) in [6, 6.07) is 14.3. The van der Waals surface area contributed by atoms with Crippen molar-refractivity contribution >= 4 is 51.7 Å². The van der Waals surface area contributed by atoms with Gasteiger partial charge in [-0.3, -0.25) is 15.0 Å². The molecule has 0 radical (unpaired) electrons. The average Bonchev–Trinajstić information content (AvgIpc) is 2.89. The van der Waals surface area contributed by atoms with Gasteiger partial charge in [-0.2, -0.15) is 0 Å². The molecule has 1 saturated heterocycles. The number of halogens is 2. The number of benzene rings is 2. The van der Waals surface area contributed by atoms with Crippen molar-refractivity contribution in [2.75, 3.05) is 23.7 Å². The van der Waals surface area contributed by atoms with Crippen LogP contribution in [0.5, 0.6) is 0 Å². The normalized spacial score (nSPS) is 13.3. The fourth-order valence-electron chi connectivity index (χ4n) is 3.89. The number of para-hydroxylation sites is 1. The summed E-state index contributed by atoms with van der Waals surface area (Å²) in [5, 5.41) is 13.7. The summed E-state index contributed by atoms with van der Waals surface area (Å²) in [6.45, 7) is 1.55. The highest BCUT2D eigenvalue weighted by Crippen LogP contribution is 2.21. The molecular formula is C26H25FIN5O2. The predicted molar refractivity (Wildman–Crippen MR) is 143 cm³/mol. The van der Waals surface area contributed by atoms with Crippen molar-refractivity contribution in [3.63, 3.8) is 0 Å². The number of amidine groups is 1. The maximum absolute atomic E-state index is 14.9. The van der Waals surface area contributed by atoms with Gasteiger partial charge >= 0.3 is 0 Å². The minimum atomic E-state index is -0.719. The summed E-state index contributed by atoms with van der Waals surface area (Å²) in [6.07, 6.45) is 4.85. The highest BCUT2D eigenvalue weighted by molar-refractivity contribution is 14.1. The number of nitrogens with one attached hydrogen (secondary N) is 3. The van der Waals surface area contributed by atoms with Gasteiger partial charge in [0.1, 0.15) is 17.5 Å². The number of rotatable bonds is 6.